The molecule has 0 saturated heterocycles. The van der Waals surface area contributed by atoms with E-state index in [0.717, 1.165) is 0 Å². The Labute approximate surface area is 205 Å². The largest absolute Gasteiger partial charge is 0.504 e. The molecule has 182 valence electrons. The number of ether oxygens (including phenoxy) is 1. The van der Waals surface area contributed by atoms with Crippen LogP contribution in [0.3, 0.4) is 0 Å². The minimum absolute atomic E-state index is 0.0139. The molecule has 1 unspecified atom stereocenters. The Morgan fingerprint density at radius 3 is 2.37 bits per heavy atom. The van der Waals surface area contributed by atoms with E-state index < -0.39 is 17.6 Å². The molecule has 0 saturated carbocycles. The molecule has 1 aromatic heterocycles. The van der Waals surface area contributed by atoms with Gasteiger partial charge in [-0.15, -0.1) is 0 Å². The predicted molar refractivity (Wildman–Crippen MR) is 132 cm³/mol. The van der Waals surface area contributed by atoms with Crippen LogP contribution in [0.25, 0.3) is 5.69 Å². The van der Waals surface area contributed by atoms with Crippen molar-refractivity contribution in [3.8, 4) is 17.2 Å². The number of imidazole rings is 1. The molecule has 5 nitrogen and oxygen atoms in total. The Kier molecular flexibility index (Phi) is 7.25. The summed E-state index contributed by atoms with van der Waals surface area (Å²) in [5.74, 6) is -0.614. The van der Waals surface area contributed by atoms with Crippen molar-refractivity contribution in [2.45, 2.75) is 18.0 Å². The molecule has 0 amide bonds. The van der Waals surface area contributed by atoms with Gasteiger partial charge in [-0.25, -0.2) is 18.2 Å². The van der Waals surface area contributed by atoms with Crippen LogP contribution in [0.2, 0.25) is 0 Å². The van der Waals surface area contributed by atoms with Crippen LogP contribution in [-0.2, 0) is 0 Å². The molecule has 3 aromatic carbocycles. The second kappa shape index (κ2) is 10.4. The topological polar surface area (TPSA) is 50.5 Å². The first-order valence-electron chi connectivity index (χ1n) is 10.8. The monoisotopic (exact) mass is 499 g/mol. The van der Waals surface area contributed by atoms with E-state index in [1.54, 1.807) is 43.5 Å². The van der Waals surface area contributed by atoms with Gasteiger partial charge >= 0.3 is 0 Å². The Morgan fingerprint density at radius 1 is 1.06 bits per heavy atom. The van der Waals surface area contributed by atoms with E-state index in [9.17, 15) is 18.3 Å². The number of benzene rings is 3. The van der Waals surface area contributed by atoms with Crippen molar-refractivity contribution in [2.24, 2.45) is 0 Å². The summed E-state index contributed by atoms with van der Waals surface area (Å²) in [4.78, 5) is 6.36. The lowest BCUT2D eigenvalue weighted by Gasteiger charge is -2.22. The summed E-state index contributed by atoms with van der Waals surface area (Å²) in [5.41, 5.74) is 1.37. The Balaban J connectivity index is 1.69. The average molecular weight is 500 g/mol. The molecule has 0 aliphatic heterocycles. The van der Waals surface area contributed by atoms with Crippen molar-refractivity contribution in [1.29, 1.82) is 0 Å². The molecule has 0 radical (unpaired) electrons. The fraction of sp³-hybridized carbons (Fsp3) is 0.192. The number of phenols is 1. The lowest BCUT2D eigenvalue weighted by molar-refractivity contribution is 0.373. The SMILES string of the molecule is COc1ccc(N(C)c2cnc(SCC(C)c3c(F)cccc3F)n2-c2ccc(F)cc2)cc1O. The highest BCUT2D eigenvalue weighted by Crippen LogP contribution is 2.37. The Bertz CT molecular complexity index is 1310. The molecule has 4 aromatic rings. The third kappa shape index (κ3) is 5.09. The molecule has 0 spiro atoms. The summed E-state index contributed by atoms with van der Waals surface area (Å²) < 4.78 is 49.1. The lowest BCUT2D eigenvalue weighted by atomic mass is 10.0. The standard InChI is InChI=1S/C26H24F3N3O2S/c1-16(25-20(28)5-4-6-21(25)29)15-35-26-30-14-24(32(26)18-9-7-17(27)8-10-18)31(2)19-11-12-23(34-3)22(33)13-19/h4-14,16,33H,15H2,1-3H3. The van der Waals surface area contributed by atoms with Crippen LogP contribution in [-0.4, -0.2) is 34.6 Å². The number of hydrogen-bond acceptors (Lipinski definition) is 5. The van der Waals surface area contributed by atoms with Gasteiger partial charge in [0.25, 0.3) is 0 Å². The zero-order valence-corrected chi connectivity index (χ0v) is 20.2. The highest BCUT2D eigenvalue weighted by molar-refractivity contribution is 7.99. The van der Waals surface area contributed by atoms with Gasteiger partial charge in [0.05, 0.1) is 13.3 Å². The molecule has 0 fully saturated rings. The van der Waals surface area contributed by atoms with Crippen LogP contribution in [0, 0.1) is 17.5 Å². The quantitative estimate of drug-likeness (QED) is 0.275. The smallest absolute Gasteiger partial charge is 0.174 e. The number of nitrogens with zero attached hydrogens (tertiary/aromatic N) is 3. The number of aromatic nitrogens is 2. The van der Waals surface area contributed by atoms with Crippen molar-refractivity contribution in [1.82, 2.24) is 9.55 Å². The van der Waals surface area contributed by atoms with E-state index in [1.165, 1.54) is 49.2 Å². The van der Waals surface area contributed by atoms with Gasteiger partial charge in [-0.3, -0.25) is 4.57 Å². The fourth-order valence-electron chi connectivity index (χ4n) is 3.78. The number of hydrogen-bond donors (Lipinski definition) is 1. The van der Waals surface area contributed by atoms with Crippen molar-refractivity contribution < 1.29 is 23.0 Å². The predicted octanol–water partition coefficient (Wildman–Crippen LogP) is 6.67. The molecule has 1 atom stereocenters. The van der Waals surface area contributed by atoms with E-state index in [0.29, 0.717) is 33.9 Å². The van der Waals surface area contributed by atoms with Crippen molar-refractivity contribution in [2.75, 3.05) is 24.8 Å². The zero-order chi connectivity index (χ0) is 25.1. The van der Waals surface area contributed by atoms with Crippen LogP contribution < -0.4 is 9.64 Å². The first-order chi connectivity index (χ1) is 16.8. The minimum atomic E-state index is -0.584. The summed E-state index contributed by atoms with van der Waals surface area (Å²) >= 11 is 1.34. The number of aromatic hydroxyl groups is 1. The van der Waals surface area contributed by atoms with Gasteiger partial charge in [0, 0.05) is 35.8 Å². The van der Waals surface area contributed by atoms with Gasteiger partial charge in [-0.1, -0.05) is 24.8 Å². The van der Waals surface area contributed by atoms with E-state index in [4.69, 9.17) is 4.74 Å². The highest BCUT2D eigenvalue weighted by Gasteiger charge is 2.21. The molecule has 35 heavy (non-hydrogen) atoms. The second-order valence-corrected chi connectivity index (χ2v) is 8.96. The molecule has 0 bridgehead atoms. The molecule has 0 aliphatic rings. The van der Waals surface area contributed by atoms with Gasteiger partial charge in [-0.2, -0.15) is 0 Å². The molecular formula is C26H24F3N3O2S. The van der Waals surface area contributed by atoms with Gasteiger partial charge in [0.2, 0.25) is 0 Å². The first kappa shape index (κ1) is 24.5. The third-order valence-corrected chi connectivity index (χ3v) is 6.86. The zero-order valence-electron chi connectivity index (χ0n) is 19.4. The second-order valence-electron chi connectivity index (χ2n) is 7.97. The van der Waals surface area contributed by atoms with E-state index in [-0.39, 0.29) is 17.1 Å². The summed E-state index contributed by atoms with van der Waals surface area (Å²) in [6.07, 6.45) is 1.65. The number of rotatable bonds is 8. The van der Waals surface area contributed by atoms with Gasteiger partial charge < -0.3 is 14.7 Å². The van der Waals surface area contributed by atoms with Gasteiger partial charge in [0.1, 0.15) is 23.3 Å². The summed E-state index contributed by atoms with van der Waals surface area (Å²) in [6.45, 7) is 1.76. The molecule has 1 heterocycles. The van der Waals surface area contributed by atoms with E-state index >= 15 is 0 Å². The first-order valence-corrected chi connectivity index (χ1v) is 11.8. The van der Waals surface area contributed by atoms with Crippen LogP contribution in [0.15, 0.2) is 72.0 Å². The van der Waals surface area contributed by atoms with Crippen LogP contribution in [0.5, 0.6) is 11.5 Å². The maximum absolute atomic E-state index is 14.3. The third-order valence-electron chi connectivity index (χ3n) is 5.64. The lowest BCUT2D eigenvalue weighted by Crippen LogP contribution is -2.14. The number of anilines is 2. The van der Waals surface area contributed by atoms with Gasteiger partial charge in [0.15, 0.2) is 16.7 Å². The molecular weight excluding hydrogens is 475 g/mol. The Hall–Kier alpha value is -3.59. The number of halogens is 3. The van der Waals surface area contributed by atoms with Gasteiger partial charge in [-0.05, 0) is 54.4 Å². The molecule has 1 N–H and O–H groups in total. The van der Waals surface area contributed by atoms with Crippen LogP contribution in [0.4, 0.5) is 24.7 Å². The molecule has 9 heteroatoms. The summed E-state index contributed by atoms with van der Waals surface area (Å²) in [6, 6.07) is 14.8. The normalized spacial score (nSPS) is 11.9. The van der Waals surface area contributed by atoms with Crippen molar-refractivity contribution in [3.63, 3.8) is 0 Å². The molecule has 0 aliphatic carbocycles. The van der Waals surface area contributed by atoms with Crippen LogP contribution in [0.1, 0.15) is 18.4 Å². The maximum Gasteiger partial charge on any atom is 0.174 e. The van der Waals surface area contributed by atoms with Crippen molar-refractivity contribution >= 4 is 23.3 Å². The number of methoxy groups -OCH3 is 1. The Morgan fingerprint density at radius 2 is 1.74 bits per heavy atom. The fourth-order valence-corrected chi connectivity index (χ4v) is 4.80. The highest BCUT2D eigenvalue weighted by atomic mass is 32.2. The molecule has 4 rings (SSSR count). The van der Waals surface area contributed by atoms with E-state index in [2.05, 4.69) is 4.98 Å². The summed E-state index contributed by atoms with van der Waals surface area (Å²) in [5, 5.41) is 10.8. The van der Waals surface area contributed by atoms with Crippen molar-refractivity contribution in [3.05, 3.63) is 89.9 Å². The average Bonchev–Trinajstić information content (AvgIpc) is 3.26. The number of thioether (sulfide) groups is 1. The van der Waals surface area contributed by atoms with E-state index in [1.807, 2.05) is 16.5 Å². The number of phenolic OH excluding ortho intramolecular Hbond substituents is 1. The minimum Gasteiger partial charge on any atom is -0.504 e. The summed E-state index contributed by atoms with van der Waals surface area (Å²) in [7, 11) is 3.28. The maximum atomic E-state index is 14.3. The van der Waals surface area contributed by atoms with Crippen LogP contribution >= 0.6 is 11.8 Å².